The standard InChI is InChI=1S/C20H20ClF2N5O2/c1-2-24-20(25-11-14-6-3-4-9-16(14)29-19(22)23)26-12-17-27-18(28-30-17)13-7-5-8-15(21)10-13/h3-10,19H,2,11-12H2,1H3,(H2,24,25,26). The number of alkyl halides is 2. The molecule has 158 valence electrons. The summed E-state index contributed by atoms with van der Waals surface area (Å²) in [4.78, 5) is 8.74. The lowest BCUT2D eigenvalue weighted by atomic mass is 10.2. The van der Waals surface area contributed by atoms with Crippen LogP contribution in [0.2, 0.25) is 5.02 Å². The van der Waals surface area contributed by atoms with E-state index in [1.54, 1.807) is 36.4 Å². The van der Waals surface area contributed by atoms with Gasteiger partial charge < -0.3 is 19.9 Å². The Kier molecular flexibility index (Phi) is 7.56. The Hall–Kier alpha value is -3.20. The zero-order valence-electron chi connectivity index (χ0n) is 16.1. The first-order valence-electron chi connectivity index (χ1n) is 9.18. The maximum atomic E-state index is 12.6. The summed E-state index contributed by atoms with van der Waals surface area (Å²) in [5.41, 5.74) is 1.28. The monoisotopic (exact) mass is 435 g/mol. The molecule has 0 atom stereocenters. The van der Waals surface area contributed by atoms with Gasteiger partial charge in [0.25, 0.3) is 0 Å². The summed E-state index contributed by atoms with van der Waals surface area (Å²) in [6.45, 7) is 0.00517. The van der Waals surface area contributed by atoms with Gasteiger partial charge in [0.15, 0.2) is 5.96 Å². The number of para-hydroxylation sites is 1. The van der Waals surface area contributed by atoms with Crippen LogP contribution in [-0.4, -0.2) is 29.3 Å². The Balaban J connectivity index is 1.65. The maximum Gasteiger partial charge on any atom is 0.387 e. The van der Waals surface area contributed by atoms with E-state index < -0.39 is 6.61 Å². The third-order valence-electron chi connectivity index (χ3n) is 3.90. The molecular formula is C20H20ClF2N5O2. The van der Waals surface area contributed by atoms with E-state index in [1.165, 1.54) is 6.07 Å². The normalized spacial score (nSPS) is 11.6. The smallest absolute Gasteiger partial charge is 0.387 e. The van der Waals surface area contributed by atoms with Crippen LogP contribution in [0.15, 0.2) is 58.0 Å². The highest BCUT2D eigenvalue weighted by atomic mass is 35.5. The molecule has 0 unspecified atom stereocenters. The molecule has 0 radical (unpaired) electrons. The number of rotatable bonds is 8. The van der Waals surface area contributed by atoms with Crippen molar-refractivity contribution in [1.82, 2.24) is 20.8 Å². The molecule has 0 fully saturated rings. The number of ether oxygens (including phenoxy) is 1. The van der Waals surface area contributed by atoms with Crippen molar-refractivity contribution < 1.29 is 18.0 Å². The predicted octanol–water partition coefficient (Wildman–Crippen LogP) is 4.25. The number of halogens is 3. The molecule has 0 spiro atoms. The van der Waals surface area contributed by atoms with E-state index in [4.69, 9.17) is 16.1 Å². The van der Waals surface area contributed by atoms with Gasteiger partial charge in [0, 0.05) is 22.7 Å². The lowest BCUT2D eigenvalue weighted by Gasteiger charge is -2.11. The SMILES string of the molecule is CCNC(=NCc1ccccc1OC(F)F)NCc1nc(-c2cccc(Cl)c2)no1. The number of benzene rings is 2. The van der Waals surface area contributed by atoms with Crippen LogP contribution in [0.1, 0.15) is 18.4 Å². The fourth-order valence-corrected chi connectivity index (χ4v) is 2.77. The minimum absolute atomic E-state index is 0.0927. The van der Waals surface area contributed by atoms with Gasteiger partial charge in [-0.2, -0.15) is 13.8 Å². The van der Waals surface area contributed by atoms with Crippen molar-refractivity contribution in [3.05, 3.63) is 65.0 Å². The van der Waals surface area contributed by atoms with Gasteiger partial charge in [0.2, 0.25) is 11.7 Å². The van der Waals surface area contributed by atoms with E-state index >= 15 is 0 Å². The molecule has 2 N–H and O–H groups in total. The van der Waals surface area contributed by atoms with Gasteiger partial charge in [-0.05, 0) is 25.1 Å². The molecular weight excluding hydrogens is 416 g/mol. The zero-order chi connectivity index (χ0) is 21.3. The minimum atomic E-state index is -2.90. The molecule has 10 heteroatoms. The van der Waals surface area contributed by atoms with Gasteiger partial charge in [-0.15, -0.1) is 0 Å². The number of nitrogens with zero attached hydrogens (tertiary/aromatic N) is 3. The van der Waals surface area contributed by atoms with E-state index in [2.05, 4.69) is 30.5 Å². The molecule has 3 aromatic rings. The van der Waals surface area contributed by atoms with Gasteiger partial charge in [-0.1, -0.05) is 47.1 Å². The van der Waals surface area contributed by atoms with E-state index in [0.717, 1.165) is 5.56 Å². The van der Waals surface area contributed by atoms with Crippen molar-refractivity contribution in [3.63, 3.8) is 0 Å². The summed E-state index contributed by atoms with van der Waals surface area (Å²) in [7, 11) is 0. The highest BCUT2D eigenvalue weighted by molar-refractivity contribution is 6.30. The molecule has 3 rings (SSSR count). The minimum Gasteiger partial charge on any atom is -0.434 e. The Morgan fingerprint density at radius 2 is 2.03 bits per heavy atom. The molecule has 1 heterocycles. The van der Waals surface area contributed by atoms with Gasteiger partial charge in [-0.25, -0.2) is 4.99 Å². The first-order valence-corrected chi connectivity index (χ1v) is 9.56. The number of hydrogen-bond acceptors (Lipinski definition) is 5. The first kappa shape index (κ1) is 21.5. The molecule has 0 saturated heterocycles. The van der Waals surface area contributed by atoms with E-state index in [9.17, 15) is 8.78 Å². The van der Waals surface area contributed by atoms with Crippen LogP contribution in [0.4, 0.5) is 8.78 Å². The fraction of sp³-hybridized carbons (Fsp3) is 0.250. The number of aliphatic imine (C=N–C) groups is 1. The van der Waals surface area contributed by atoms with Crippen molar-refractivity contribution in [2.24, 2.45) is 4.99 Å². The lowest BCUT2D eigenvalue weighted by Crippen LogP contribution is -2.36. The summed E-state index contributed by atoms with van der Waals surface area (Å²) in [6.07, 6.45) is 0. The molecule has 1 aromatic heterocycles. The zero-order valence-corrected chi connectivity index (χ0v) is 16.9. The van der Waals surface area contributed by atoms with Crippen molar-refractivity contribution >= 4 is 17.6 Å². The van der Waals surface area contributed by atoms with Crippen molar-refractivity contribution in [3.8, 4) is 17.1 Å². The van der Waals surface area contributed by atoms with E-state index in [-0.39, 0.29) is 18.8 Å². The number of nitrogens with one attached hydrogen (secondary N) is 2. The first-order chi connectivity index (χ1) is 14.5. The Morgan fingerprint density at radius 1 is 1.20 bits per heavy atom. The summed E-state index contributed by atoms with van der Waals surface area (Å²) >= 11 is 5.99. The molecule has 0 saturated carbocycles. The van der Waals surface area contributed by atoms with Crippen molar-refractivity contribution in [2.45, 2.75) is 26.6 Å². The second-order valence-corrected chi connectivity index (χ2v) is 6.49. The van der Waals surface area contributed by atoms with Gasteiger partial charge in [0.05, 0.1) is 13.1 Å². The number of hydrogen-bond donors (Lipinski definition) is 2. The Labute approximate surface area is 177 Å². The van der Waals surface area contributed by atoms with Crippen LogP contribution in [0.3, 0.4) is 0 Å². The summed E-state index contributed by atoms with van der Waals surface area (Å²) in [5, 5.41) is 10.7. The fourth-order valence-electron chi connectivity index (χ4n) is 2.58. The molecule has 0 aliphatic carbocycles. The maximum absolute atomic E-state index is 12.6. The number of aromatic nitrogens is 2. The molecule has 30 heavy (non-hydrogen) atoms. The van der Waals surface area contributed by atoms with Crippen LogP contribution < -0.4 is 15.4 Å². The average Bonchev–Trinajstić information content (AvgIpc) is 3.20. The summed E-state index contributed by atoms with van der Waals surface area (Å²) < 4.78 is 34.9. The molecule has 0 aliphatic heterocycles. The molecule has 0 amide bonds. The lowest BCUT2D eigenvalue weighted by molar-refractivity contribution is -0.0504. The van der Waals surface area contributed by atoms with Crippen LogP contribution in [-0.2, 0) is 13.1 Å². The average molecular weight is 436 g/mol. The quantitative estimate of drug-likeness (QED) is 0.406. The Bertz CT molecular complexity index is 997. The number of guanidine groups is 1. The largest absolute Gasteiger partial charge is 0.434 e. The van der Waals surface area contributed by atoms with Crippen LogP contribution in [0.5, 0.6) is 5.75 Å². The van der Waals surface area contributed by atoms with Gasteiger partial charge >= 0.3 is 6.61 Å². The topological polar surface area (TPSA) is 84.6 Å². The molecule has 0 bridgehead atoms. The second-order valence-electron chi connectivity index (χ2n) is 6.06. The third-order valence-corrected chi connectivity index (χ3v) is 4.13. The highest BCUT2D eigenvalue weighted by Gasteiger charge is 2.11. The van der Waals surface area contributed by atoms with Crippen LogP contribution in [0.25, 0.3) is 11.4 Å². The van der Waals surface area contributed by atoms with Crippen LogP contribution in [0, 0.1) is 0 Å². The van der Waals surface area contributed by atoms with E-state index in [1.807, 2.05) is 13.0 Å². The van der Waals surface area contributed by atoms with Crippen molar-refractivity contribution in [2.75, 3.05) is 6.54 Å². The summed E-state index contributed by atoms with van der Waals surface area (Å²) in [6, 6.07) is 13.7. The Morgan fingerprint density at radius 3 is 2.80 bits per heavy atom. The highest BCUT2D eigenvalue weighted by Crippen LogP contribution is 2.21. The summed E-state index contributed by atoms with van der Waals surface area (Å²) in [5.74, 6) is 1.34. The predicted molar refractivity (Wildman–Crippen MR) is 109 cm³/mol. The van der Waals surface area contributed by atoms with Crippen molar-refractivity contribution in [1.29, 1.82) is 0 Å². The third kappa shape index (κ3) is 6.15. The molecule has 0 aliphatic rings. The van der Waals surface area contributed by atoms with Gasteiger partial charge in [0.1, 0.15) is 5.75 Å². The molecule has 2 aromatic carbocycles. The van der Waals surface area contributed by atoms with E-state index in [0.29, 0.717) is 34.8 Å². The molecule has 7 nitrogen and oxygen atoms in total. The van der Waals surface area contributed by atoms with Gasteiger partial charge in [-0.3, -0.25) is 0 Å². The second kappa shape index (κ2) is 10.5. The van der Waals surface area contributed by atoms with Crippen LogP contribution >= 0.6 is 11.6 Å².